The molecule has 0 aliphatic carbocycles. The maximum atomic E-state index is 4.46. The Hall–Kier alpha value is -1.81. The zero-order valence-electron chi connectivity index (χ0n) is 9.44. The van der Waals surface area contributed by atoms with Gasteiger partial charge in [-0.3, -0.25) is 4.98 Å². The molecule has 0 unspecified atom stereocenters. The first-order valence-corrected chi connectivity index (χ1v) is 5.20. The molecule has 0 saturated carbocycles. The van der Waals surface area contributed by atoms with Gasteiger partial charge >= 0.3 is 0 Å². The molecule has 0 atom stereocenters. The third-order valence-electron chi connectivity index (χ3n) is 2.29. The molecule has 0 aromatic carbocycles. The van der Waals surface area contributed by atoms with Crippen molar-refractivity contribution in [1.29, 1.82) is 0 Å². The molecule has 82 valence electrons. The lowest BCUT2D eigenvalue weighted by molar-refractivity contribution is 0.787. The van der Waals surface area contributed by atoms with Crippen LogP contribution in [0.25, 0.3) is 11.5 Å². The molecule has 0 aliphatic rings. The van der Waals surface area contributed by atoms with Crippen molar-refractivity contribution in [1.82, 2.24) is 20.3 Å². The highest BCUT2D eigenvalue weighted by Crippen LogP contribution is 2.15. The lowest BCUT2D eigenvalue weighted by atomic mass is 10.2. The van der Waals surface area contributed by atoms with Gasteiger partial charge < -0.3 is 5.32 Å². The van der Waals surface area contributed by atoms with E-state index in [2.05, 4.69) is 20.3 Å². The first-order valence-electron chi connectivity index (χ1n) is 5.20. The van der Waals surface area contributed by atoms with Gasteiger partial charge in [-0.2, -0.15) is 0 Å². The Labute approximate surface area is 94.8 Å². The van der Waals surface area contributed by atoms with Crippen LogP contribution in [0.5, 0.6) is 0 Å². The molecule has 0 amide bonds. The standard InChI is InChI=1S/C12H14N4/c1-9-4-3-6-14-11(9)12-15-7-5-10(16-12)8-13-2/h3-7,13H,8H2,1-2H3. The Morgan fingerprint density at radius 1 is 1.19 bits per heavy atom. The number of hydrogen-bond acceptors (Lipinski definition) is 4. The predicted octanol–water partition coefficient (Wildman–Crippen LogP) is 1.57. The molecule has 2 heterocycles. The normalized spacial score (nSPS) is 10.4. The molecule has 0 bridgehead atoms. The van der Waals surface area contributed by atoms with Gasteiger partial charge in [-0.15, -0.1) is 0 Å². The topological polar surface area (TPSA) is 50.7 Å². The van der Waals surface area contributed by atoms with Gasteiger partial charge in [0.2, 0.25) is 0 Å². The van der Waals surface area contributed by atoms with Gasteiger partial charge in [0.25, 0.3) is 0 Å². The molecular weight excluding hydrogens is 200 g/mol. The number of nitrogens with zero attached hydrogens (tertiary/aromatic N) is 3. The van der Waals surface area contributed by atoms with Crippen LogP contribution in [0, 0.1) is 6.92 Å². The van der Waals surface area contributed by atoms with Crippen LogP contribution in [0.1, 0.15) is 11.3 Å². The van der Waals surface area contributed by atoms with E-state index in [-0.39, 0.29) is 0 Å². The highest BCUT2D eigenvalue weighted by Gasteiger charge is 2.06. The van der Waals surface area contributed by atoms with Crippen LogP contribution >= 0.6 is 0 Å². The first-order chi connectivity index (χ1) is 7.81. The van der Waals surface area contributed by atoms with E-state index in [9.17, 15) is 0 Å². The lowest BCUT2D eigenvalue weighted by Gasteiger charge is -2.04. The Morgan fingerprint density at radius 2 is 2.06 bits per heavy atom. The van der Waals surface area contributed by atoms with E-state index in [1.165, 1.54) is 0 Å². The van der Waals surface area contributed by atoms with Crippen LogP contribution in [0.4, 0.5) is 0 Å². The van der Waals surface area contributed by atoms with Crippen LogP contribution in [0.2, 0.25) is 0 Å². The van der Waals surface area contributed by atoms with Crippen molar-refractivity contribution in [2.45, 2.75) is 13.5 Å². The molecule has 16 heavy (non-hydrogen) atoms. The van der Waals surface area contributed by atoms with Crippen LogP contribution in [-0.2, 0) is 6.54 Å². The summed E-state index contributed by atoms with van der Waals surface area (Å²) in [5.41, 5.74) is 2.90. The summed E-state index contributed by atoms with van der Waals surface area (Å²) in [4.78, 5) is 13.0. The van der Waals surface area contributed by atoms with Crippen molar-refractivity contribution in [3.8, 4) is 11.5 Å². The number of aryl methyl sites for hydroxylation is 1. The van der Waals surface area contributed by atoms with Crippen LogP contribution in [0.3, 0.4) is 0 Å². The minimum atomic E-state index is 0.686. The number of pyridine rings is 1. The second kappa shape index (κ2) is 4.81. The van der Waals surface area contributed by atoms with Crippen molar-refractivity contribution >= 4 is 0 Å². The van der Waals surface area contributed by atoms with E-state index >= 15 is 0 Å². The molecule has 4 heteroatoms. The Balaban J connectivity index is 2.40. The molecule has 0 radical (unpaired) electrons. The van der Waals surface area contributed by atoms with Crippen molar-refractivity contribution in [2.75, 3.05) is 7.05 Å². The maximum absolute atomic E-state index is 4.46. The summed E-state index contributed by atoms with van der Waals surface area (Å²) in [5.74, 6) is 0.686. The molecule has 2 aromatic heterocycles. The first kappa shape index (κ1) is 10.7. The fourth-order valence-electron chi connectivity index (χ4n) is 1.51. The molecule has 2 rings (SSSR count). The molecule has 2 aromatic rings. The van der Waals surface area contributed by atoms with Gasteiger partial charge in [0, 0.05) is 18.9 Å². The molecular formula is C12H14N4. The second-order valence-corrected chi connectivity index (χ2v) is 3.57. The van der Waals surface area contributed by atoms with Gasteiger partial charge in [-0.05, 0) is 31.7 Å². The van der Waals surface area contributed by atoms with E-state index in [0.29, 0.717) is 5.82 Å². The Kier molecular flexibility index (Phi) is 3.22. The van der Waals surface area contributed by atoms with Crippen LogP contribution < -0.4 is 5.32 Å². The van der Waals surface area contributed by atoms with E-state index in [1.807, 2.05) is 32.2 Å². The summed E-state index contributed by atoms with van der Waals surface area (Å²) >= 11 is 0. The van der Waals surface area contributed by atoms with Gasteiger partial charge in [0.15, 0.2) is 5.82 Å². The zero-order valence-corrected chi connectivity index (χ0v) is 9.44. The summed E-state index contributed by atoms with van der Waals surface area (Å²) in [6, 6.07) is 5.82. The minimum Gasteiger partial charge on any atom is -0.314 e. The Morgan fingerprint density at radius 3 is 2.81 bits per heavy atom. The SMILES string of the molecule is CNCc1ccnc(-c2ncccc2C)n1. The van der Waals surface area contributed by atoms with E-state index < -0.39 is 0 Å². The van der Waals surface area contributed by atoms with Crippen molar-refractivity contribution in [2.24, 2.45) is 0 Å². The monoisotopic (exact) mass is 214 g/mol. The fourth-order valence-corrected chi connectivity index (χ4v) is 1.51. The van der Waals surface area contributed by atoms with Crippen LogP contribution in [0.15, 0.2) is 30.6 Å². The molecule has 0 aliphatic heterocycles. The average molecular weight is 214 g/mol. The summed E-state index contributed by atoms with van der Waals surface area (Å²) in [7, 11) is 1.90. The van der Waals surface area contributed by atoms with Crippen LogP contribution in [-0.4, -0.2) is 22.0 Å². The minimum absolute atomic E-state index is 0.686. The van der Waals surface area contributed by atoms with Gasteiger partial charge in [0.05, 0.1) is 5.69 Å². The number of aromatic nitrogens is 3. The second-order valence-electron chi connectivity index (χ2n) is 3.57. The Bertz CT molecular complexity index is 482. The van der Waals surface area contributed by atoms with Crippen molar-refractivity contribution in [3.05, 3.63) is 41.9 Å². The largest absolute Gasteiger partial charge is 0.314 e. The van der Waals surface area contributed by atoms with E-state index in [4.69, 9.17) is 0 Å². The number of rotatable bonds is 3. The van der Waals surface area contributed by atoms with Gasteiger partial charge in [-0.25, -0.2) is 9.97 Å². The zero-order chi connectivity index (χ0) is 11.4. The number of hydrogen-bond donors (Lipinski definition) is 1. The lowest BCUT2D eigenvalue weighted by Crippen LogP contribution is -2.08. The summed E-state index contributed by atoms with van der Waals surface area (Å²) in [5, 5.41) is 3.07. The van der Waals surface area contributed by atoms with Gasteiger partial charge in [0.1, 0.15) is 5.69 Å². The van der Waals surface area contributed by atoms with Gasteiger partial charge in [-0.1, -0.05) is 6.07 Å². The summed E-state index contributed by atoms with van der Waals surface area (Å²) in [6.45, 7) is 2.75. The van der Waals surface area contributed by atoms with E-state index in [0.717, 1.165) is 23.5 Å². The molecule has 1 N–H and O–H groups in total. The van der Waals surface area contributed by atoms with Crippen molar-refractivity contribution in [3.63, 3.8) is 0 Å². The quantitative estimate of drug-likeness (QED) is 0.842. The maximum Gasteiger partial charge on any atom is 0.178 e. The molecule has 4 nitrogen and oxygen atoms in total. The predicted molar refractivity (Wildman–Crippen MR) is 62.8 cm³/mol. The molecule has 0 spiro atoms. The molecule has 0 fully saturated rings. The number of nitrogens with one attached hydrogen (secondary N) is 1. The third-order valence-corrected chi connectivity index (χ3v) is 2.29. The highest BCUT2D eigenvalue weighted by molar-refractivity contribution is 5.53. The summed E-state index contributed by atoms with van der Waals surface area (Å²) in [6.07, 6.45) is 3.53. The highest BCUT2D eigenvalue weighted by atomic mass is 14.9. The third kappa shape index (κ3) is 2.23. The summed E-state index contributed by atoms with van der Waals surface area (Å²) < 4.78 is 0. The average Bonchev–Trinajstić information content (AvgIpc) is 2.30. The smallest absolute Gasteiger partial charge is 0.178 e. The van der Waals surface area contributed by atoms with E-state index in [1.54, 1.807) is 12.4 Å². The molecule has 0 saturated heterocycles. The van der Waals surface area contributed by atoms with Crippen molar-refractivity contribution < 1.29 is 0 Å². The fraction of sp³-hybridized carbons (Fsp3) is 0.250.